The average Bonchev–Trinajstić information content (AvgIpc) is 2.91. The van der Waals surface area contributed by atoms with E-state index in [0.717, 1.165) is 19.5 Å². The van der Waals surface area contributed by atoms with E-state index in [2.05, 4.69) is 29.1 Å². The molecule has 2 heterocycles. The summed E-state index contributed by atoms with van der Waals surface area (Å²) in [6.07, 6.45) is 2.32. The Labute approximate surface area is 131 Å². The van der Waals surface area contributed by atoms with Crippen LogP contribution in [0, 0.1) is 17.8 Å². The third kappa shape index (κ3) is 5.21. The van der Waals surface area contributed by atoms with Crippen molar-refractivity contribution in [3.8, 4) is 11.8 Å². The quantitative estimate of drug-likeness (QED) is 0.830. The predicted octanol–water partition coefficient (Wildman–Crippen LogP) is 1.47. The highest BCUT2D eigenvalue weighted by Gasteiger charge is 2.19. The van der Waals surface area contributed by atoms with Crippen molar-refractivity contribution in [3.63, 3.8) is 0 Å². The van der Waals surface area contributed by atoms with Crippen LogP contribution in [0.3, 0.4) is 0 Å². The van der Waals surface area contributed by atoms with Crippen LogP contribution in [0.25, 0.3) is 0 Å². The molecule has 2 rings (SSSR count). The van der Waals surface area contributed by atoms with Gasteiger partial charge in [-0.05, 0) is 64.3 Å². The Morgan fingerprint density at radius 1 is 1.55 bits per heavy atom. The van der Waals surface area contributed by atoms with Gasteiger partial charge in [-0.15, -0.1) is 0 Å². The number of nitrogens with one attached hydrogen (secondary N) is 1. The molecule has 0 aliphatic carbocycles. The molecule has 0 radical (unpaired) electrons. The topological polar surface area (TPSA) is 65.7 Å². The third-order valence-electron chi connectivity index (χ3n) is 3.59. The minimum Gasteiger partial charge on any atom is -0.443 e. The summed E-state index contributed by atoms with van der Waals surface area (Å²) in [4.78, 5) is 14.4. The molecule has 1 saturated heterocycles. The summed E-state index contributed by atoms with van der Waals surface area (Å²) in [7, 11) is 2.11. The summed E-state index contributed by atoms with van der Waals surface area (Å²) in [5.74, 6) is 6.28. The van der Waals surface area contributed by atoms with Gasteiger partial charge in [-0.1, -0.05) is 5.92 Å². The first-order chi connectivity index (χ1) is 10.3. The summed E-state index contributed by atoms with van der Waals surface area (Å²) in [6.45, 7) is 6.00. The molecule has 5 heteroatoms. The fourth-order valence-electron chi connectivity index (χ4n) is 2.51. The molecule has 1 amide bonds. The molecule has 2 N–H and O–H groups in total. The Kier molecular flexibility index (Phi) is 5.28. The summed E-state index contributed by atoms with van der Waals surface area (Å²) >= 11 is 0. The van der Waals surface area contributed by atoms with Gasteiger partial charge in [0.05, 0.1) is 0 Å². The number of likely N-dealkylation sites (tertiary alicyclic amines) is 1. The van der Waals surface area contributed by atoms with Gasteiger partial charge in [-0.3, -0.25) is 4.79 Å². The molecule has 0 saturated carbocycles. The van der Waals surface area contributed by atoms with Gasteiger partial charge < -0.3 is 19.7 Å². The molecule has 1 fully saturated rings. The summed E-state index contributed by atoms with van der Waals surface area (Å²) in [5.41, 5.74) is -1.08. The van der Waals surface area contributed by atoms with E-state index < -0.39 is 5.60 Å². The number of carbonyl (C=O) groups excluding carboxylic acids is 1. The third-order valence-corrected chi connectivity index (χ3v) is 3.59. The summed E-state index contributed by atoms with van der Waals surface area (Å²) in [5, 5.41) is 12.5. The van der Waals surface area contributed by atoms with Crippen molar-refractivity contribution in [1.82, 2.24) is 10.2 Å². The van der Waals surface area contributed by atoms with Crippen LogP contribution in [-0.2, 0) is 0 Å². The van der Waals surface area contributed by atoms with Gasteiger partial charge >= 0.3 is 0 Å². The Balaban J connectivity index is 1.87. The number of furan rings is 1. The zero-order valence-corrected chi connectivity index (χ0v) is 13.5. The van der Waals surface area contributed by atoms with Crippen LogP contribution < -0.4 is 5.32 Å². The Bertz CT molecular complexity index is 575. The van der Waals surface area contributed by atoms with E-state index in [4.69, 9.17) is 4.42 Å². The van der Waals surface area contributed by atoms with Crippen LogP contribution in [0.15, 0.2) is 16.5 Å². The van der Waals surface area contributed by atoms with Gasteiger partial charge in [0.25, 0.3) is 5.91 Å². The number of nitrogens with zero attached hydrogens (tertiary/aromatic N) is 1. The van der Waals surface area contributed by atoms with Crippen molar-refractivity contribution in [3.05, 3.63) is 23.7 Å². The van der Waals surface area contributed by atoms with Gasteiger partial charge in [-0.2, -0.15) is 0 Å². The van der Waals surface area contributed by atoms with E-state index in [-0.39, 0.29) is 11.7 Å². The maximum atomic E-state index is 12.1. The molecular weight excluding hydrogens is 280 g/mol. The van der Waals surface area contributed by atoms with E-state index >= 15 is 0 Å². The maximum Gasteiger partial charge on any atom is 0.287 e. The molecule has 120 valence electrons. The number of carbonyl (C=O) groups is 1. The summed E-state index contributed by atoms with van der Waals surface area (Å²) in [6, 6.07) is 3.25. The minimum absolute atomic E-state index is 0.218. The zero-order valence-electron chi connectivity index (χ0n) is 13.5. The van der Waals surface area contributed by atoms with Gasteiger partial charge in [0, 0.05) is 13.1 Å². The molecule has 0 spiro atoms. The monoisotopic (exact) mass is 304 g/mol. The van der Waals surface area contributed by atoms with Crippen LogP contribution in [-0.4, -0.2) is 48.2 Å². The van der Waals surface area contributed by atoms with Gasteiger partial charge in [-0.25, -0.2) is 0 Å². The van der Waals surface area contributed by atoms with Crippen LogP contribution in [0.2, 0.25) is 0 Å². The highest BCUT2D eigenvalue weighted by atomic mass is 16.3. The first-order valence-electron chi connectivity index (χ1n) is 7.65. The second-order valence-electron chi connectivity index (χ2n) is 6.45. The van der Waals surface area contributed by atoms with Crippen LogP contribution in [0.5, 0.6) is 0 Å². The van der Waals surface area contributed by atoms with E-state index in [9.17, 15) is 9.90 Å². The van der Waals surface area contributed by atoms with Gasteiger partial charge in [0.2, 0.25) is 0 Å². The van der Waals surface area contributed by atoms with E-state index in [1.165, 1.54) is 6.42 Å². The van der Waals surface area contributed by atoms with E-state index in [1.54, 1.807) is 26.0 Å². The first kappa shape index (κ1) is 16.6. The smallest absolute Gasteiger partial charge is 0.287 e. The number of rotatable bonds is 3. The van der Waals surface area contributed by atoms with Gasteiger partial charge in [0.1, 0.15) is 5.60 Å². The zero-order chi connectivity index (χ0) is 16.2. The molecule has 1 atom stereocenters. The second kappa shape index (κ2) is 6.99. The largest absolute Gasteiger partial charge is 0.443 e. The Hall–Kier alpha value is -1.77. The van der Waals surface area contributed by atoms with Crippen molar-refractivity contribution in [2.24, 2.45) is 5.92 Å². The van der Waals surface area contributed by atoms with E-state index in [1.807, 2.05) is 0 Å². The lowest BCUT2D eigenvalue weighted by molar-refractivity contribution is 0.0908. The molecule has 1 aromatic rings. The maximum absolute atomic E-state index is 12.1. The number of amides is 1. The molecule has 0 unspecified atom stereocenters. The van der Waals surface area contributed by atoms with Crippen LogP contribution in [0.4, 0.5) is 0 Å². The van der Waals surface area contributed by atoms with Crippen molar-refractivity contribution < 1.29 is 14.3 Å². The van der Waals surface area contributed by atoms with Crippen molar-refractivity contribution in [2.75, 3.05) is 26.7 Å². The lowest BCUT2D eigenvalue weighted by Crippen LogP contribution is -2.39. The minimum atomic E-state index is -1.08. The van der Waals surface area contributed by atoms with Crippen molar-refractivity contribution >= 4 is 5.91 Å². The van der Waals surface area contributed by atoms with Crippen molar-refractivity contribution in [2.45, 2.75) is 32.3 Å². The molecule has 1 aliphatic rings. The fraction of sp³-hybridized carbons (Fsp3) is 0.588. The number of aliphatic hydroxyl groups is 1. The molecule has 1 aromatic heterocycles. The molecular formula is C17H24N2O3. The molecule has 1 aliphatic heterocycles. The fourth-order valence-corrected chi connectivity index (χ4v) is 2.51. The predicted molar refractivity (Wildman–Crippen MR) is 84.4 cm³/mol. The first-order valence-corrected chi connectivity index (χ1v) is 7.65. The standard InChI is InChI=1S/C17H24N2O3/c1-17(2,21)9-8-14-6-7-15(22-14)16(20)18-11-13-5-4-10-19(3)12-13/h6-7,13,21H,4-5,10-12H2,1-3H3,(H,18,20)/t13-/m0/s1. The number of hydrogen-bond acceptors (Lipinski definition) is 4. The number of hydrogen-bond donors (Lipinski definition) is 2. The molecule has 0 aromatic carbocycles. The average molecular weight is 304 g/mol. The lowest BCUT2D eigenvalue weighted by atomic mass is 9.98. The second-order valence-corrected chi connectivity index (χ2v) is 6.45. The summed E-state index contributed by atoms with van der Waals surface area (Å²) < 4.78 is 5.39. The van der Waals surface area contributed by atoms with Crippen molar-refractivity contribution in [1.29, 1.82) is 0 Å². The SMILES string of the molecule is CN1CCC[C@@H](CNC(=O)c2ccc(C#CC(C)(C)O)o2)C1. The van der Waals surface area contributed by atoms with Crippen LogP contribution >= 0.6 is 0 Å². The number of piperidine rings is 1. The van der Waals surface area contributed by atoms with Gasteiger partial charge in [0.15, 0.2) is 11.5 Å². The molecule has 5 nitrogen and oxygen atoms in total. The Morgan fingerprint density at radius 2 is 2.32 bits per heavy atom. The van der Waals surface area contributed by atoms with Crippen LogP contribution in [0.1, 0.15) is 43.0 Å². The molecule has 22 heavy (non-hydrogen) atoms. The highest BCUT2D eigenvalue weighted by Crippen LogP contribution is 2.14. The molecule has 0 bridgehead atoms. The lowest BCUT2D eigenvalue weighted by Gasteiger charge is -2.29. The normalized spacial score (nSPS) is 19.4. The highest BCUT2D eigenvalue weighted by molar-refractivity contribution is 5.91. The van der Waals surface area contributed by atoms with E-state index in [0.29, 0.717) is 18.2 Å². The Morgan fingerprint density at radius 3 is 3.00 bits per heavy atom.